The van der Waals surface area contributed by atoms with Gasteiger partial charge in [0.25, 0.3) is 5.69 Å². The quantitative estimate of drug-likeness (QED) is 0.628. The van der Waals surface area contributed by atoms with Crippen LogP contribution in [-0.2, 0) is 0 Å². The van der Waals surface area contributed by atoms with Crippen molar-refractivity contribution in [3.05, 3.63) is 33.9 Å². The maximum Gasteiger partial charge on any atom is 0.292 e. The summed E-state index contributed by atoms with van der Waals surface area (Å²) in [5, 5.41) is 14.5. The fourth-order valence-corrected chi connectivity index (χ4v) is 2.65. The summed E-state index contributed by atoms with van der Waals surface area (Å²) in [6, 6.07) is 4.51. The summed E-state index contributed by atoms with van der Waals surface area (Å²) in [7, 11) is 1.80. The molecule has 1 atom stereocenters. The zero-order valence-electron chi connectivity index (χ0n) is 12.0. The minimum absolute atomic E-state index is 0.0155. The highest BCUT2D eigenvalue weighted by molar-refractivity contribution is 5.94. The minimum atomic E-state index is -0.588. The molecule has 0 saturated carbocycles. The van der Waals surface area contributed by atoms with Gasteiger partial charge in [0.15, 0.2) is 0 Å². The number of nitrogens with one attached hydrogen (secondary N) is 1. The van der Waals surface area contributed by atoms with Crippen molar-refractivity contribution in [3.63, 3.8) is 0 Å². The van der Waals surface area contributed by atoms with E-state index in [0.29, 0.717) is 18.3 Å². The molecule has 1 aliphatic heterocycles. The Morgan fingerprint density at radius 2 is 2.29 bits per heavy atom. The van der Waals surface area contributed by atoms with Gasteiger partial charge in [0.05, 0.1) is 4.92 Å². The van der Waals surface area contributed by atoms with Gasteiger partial charge in [-0.2, -0.15) is 0 Å². The van der Waals surface area contributed by atoms with E-state index in [9.17, 15) is 14.9 Å². The largest absolute Gasteiger partial charge is 0.367 e. The lowest BCUT2D eigenvalue weighted by atomic mass is 10.0. The van der Waals surface area contributed by atoms with Crippen molar-refractivity contribution in [2.24, 2.45) is 5.73 Å². The zero-order valence-corrected chi connectivity index (χ0v) is 12.0. The van der Waals surface area contributed by atoms with Gasteiger partial charge in [-0.15, -0.1) is 0 Å². The predicted molar refractivity (Wildman–Crippen MR) is 80.5 cm³/mol. The van der Waals surface area contributed by atoms with E-state index in [4.69, 9.17) is 5.73 Å². The van der Waals surface area contributed by atoms with Crippen molar-refractivity contribution in [1.82, 2.24) is 5.32 Å². The second-order valence-electron chi connectivity index (χ2n) is 5.35. The van der Waals surface area contributed by atoms with Crippen LogP contribution >= 0.6 is 0 Å². The Morgan fingerprint density at radius 3 is 2.86 bits per heavy atom. The number of anilines is 1. The summed E-state index contributed by atoms with van der Waals surface area (Å²) in [5.74, 6) is -0.588. The van der Waals surface area contributed by atoms with E-state index in [2.05, 4.69) is 5.32 Å². The van der Waals surface area contributed by atoms with Crippen molar-refractivity contribution < 1.29 is 9.72 Å². The third kappa shape index (κ3) is 3.69. The van der Waals surface area contributed by atoms with Gasteiger partial charge in [0, 0.05) is 31.3 Å². The number of rotatable bonds is 5. The van der Waals surface area contributed by atoms with Crippen molar-refractivity contribution >= 4 is 17.3 Å². The highest BCUT2D eigenvalue weighted by atomic mass is 16.6. The maximum atomic E-state index is 11.3. The molecular weight excluding hydrogens is 272 g/mol. The average molecular weight is 292 g/mol. The first kappa shape index (κ1) is 15.2. The van der Waals surface area contributed by atoms with Crippen molar-refractivity contribution in [1.29, 1.82) is 0 Å². The predicted octanol–water partition coefficient (Wildman–Crippen LogP) is 1.27. The SMILES string of the molecule is CN(CC1CCCCN1)c1cc(C(N)=O)ccc1[N+](=O)[O-]. The summed E-state index contributed by atoms with van der Waals surface area (Å²) in [4.78, 5) is 23.8. The number of amides is 1. The monoisotopic (exact) mass is 292 g/mol. The Bertz CT molecular complexity index is 541. The topological polar surface area (TPSA) is 102 Å². The Hall–Kier alpha value is -2.15. The van der Waals surface area contributed by atoms with E-state index in [1.807, 2.05) is 4.90 Å². The third-order valence-corrected chi connectivity index (χ3v) is 3.77. The summed E-state index contributed by atoms with van der Waals surface area (Å²) in [6.07, 6.45) is 3.38. The Balaban J connectivity index is 2.23. The molecule has 0 aromatic heterocycles. The van der Waals surface area contributed by atoms with Gasteiger partial charge in [0.2, 0.25) is 5.91 Å². The van der Waals surface area contributed by atoms with Crippen LogP contribution in [0.15, 0.2) is 18.2 Å². The van der Waals surface area contributed by atoms with Crippen LogP contribution in [0.4, 0.5) is 11.4 Å². The molecule has 3 N–H and O–H groups in total. The molecule has 1 amide bonds. The standard InChI is InChI=1S/C14H20N4O3/c1-17(9-11-4-2-3-7-16-11)13-8-10(14(15)19)5-6-12(13)18(20)21/h5-6,8,11,16H,2-4,7,9H2,1H3,(H2,15,19). The van der Waals surface area contributed by atoms with E-state index in [0.717, 1.165) is 25.8 Å². The number of hydrogen-bond acceptors (Lipinski definition) is 5. The van der Waals surface area contributed by atoms with E-state index < -0.39 is 10.8 Å². The molecule has 0 bridgehead atoms. The van der Waals surface area contributed by atoms with Crippen LogP contribution in [0.2, 0.25) is 0 Å². The number of likely N-dealkylation sites (N-methyl/N-ethyl adjacent to an activating group) is 1. The second-order valence-corrected chi connectivity index (χ2v) is 5.35. The van der Waals surface area contributed by atoms with Crippen LogP contribution in [0.3, 0.4) is 0 Å². The number of nitro benzene ring substituents is 1. The molecule has 0 radical (unpaired) electrons. The number of carbonyl (C=O) groups excluding carboxylic acids is 1. The average Bonchev–Trinajstić information content (AvgIpc) is 2.47. The summed E-state index contributed by atoms with van der Waals surface area (Å²) < 4.78 is 0. The number of primary amides is 1. The zero-order chi connectivity index (χ0) is 15.4. The number of nitrogens with two attached hydrogens (primary N) is 1. The first-order valence-electron chi connectivity index (χ1n) is 7.02. The molecular formula is C14H20N4O3. The fourth-order valence-electron chi connectivity index (χ4n) is 2.65. The first-order chi connectivity index (χ1) is 9.99. The molecule has 1 aromatic rings. The second kappa shape index (κ2) is 6.53. The van der Waals surface area contributed by atoms with Crippen molar-refractivity contribution in [2.45, 2.75) is 25.3 Å². The summed E-state index contributed by atoms with van der Waals surface area (Å²) in [5.41, 5.74) is 5.94. The first-order valence-corrected chi connectivity index (χ1v) is 7.02. The van der Waals surface area contributed by atoms with E-state index >= 15 is 0 Å². The van der Waals surface area contributed by atoms with Crippen LogP contribution in [0.25, 0.3) is 0 Å². The van der Waals surface area contributed by atoms with Crippen LogP contribution in [0.5, 0.6) is 0 Å². The maximum absolute atomic E-state index is 11.3. The van der Waals surface area contributed by atoms with Crippen molar-refractivity contribution in [2.75, 3.05) is 25.0 Å². The number of nitrogens with zero attached hydrogens (tertiary/aromatic N) is 2. The summed E-state index contributed by atoms with van der Waals surface area (Å²) in [6.45, 7) is 1.63. The van der Waals surface area contributed by atoms with Gasteiger partial charge in [-0.25, -0.2) is 0 Å². The number of piperidine rings is 1. The molecule has 1 aliphatic rings. The minimum Gasteiger partial charge on any atom is -0.367 e. The third-order valence-electron chi connectivity index (χ3n) is 3.77. The highest BCUT2D eigenvalue weighted by Crippen LogP contribution is 2.29. The molecule has 1 fully saturated rings. The molecule has 1 saturated heterocycles. The van der Waals surface area contributed by atoms with Crippen LogP contribution < -0.4 is 16.0 Å². The van der Waals surface area contributed by atoms with Gasteiger partial charge in [0.1, 0.15) is 5.69 Å². The van der Waals surface area contributed by atoms with Gasteiger partial charge in [-0.3, -0.25) is 14.9 Å². The van der Waals surface area contributed by atoms with Gasteiger partial charge >= 0.3 is 0 Å². The lowest BCUT2D eigenvalue weighted by Crippen LogP contribution is -2.42. The van der Waals surface area contributed by atoms with E-state index in [-0.39, 0.29) is 11.3 Å². The highest BCUT2D eigenvalue weighted by Gasteiger charge is 2.22. The van der Waals surface area contributed by atoms with E-state index in [1.165, 1.54) is 18.2 Å². The smallest absolute Gasteiger partial charge is 0.292 e. The Morgan fingerprint density at radius 1 is 1.52 bits per heavy atom. The van der Waals surface area contributed by atoms with Gasteiger partial charge in [-0.1, -0.05) is 6.42 Å². The Labute approximate surface area is 123 Å². The molecule has 1 heterocycles. The Kier molecular flexibility index (Phi) is 4.74. The molecule has 7 heteroatoms. The van der Waals surface area contributed by atoms with Gasteiger partial charge in [-0.05, 0) is 31.5 Å². The molecule has 1 unspecified atom stereocenters. The number of hydrogen-bond donors (Lipinski definition) is 2. The van der Waals surface area contributed by atoms with Crippen LogP contribution in [0, 0.1) is 10.1 Å². The molecule has 1 aromatic carbocycles. The van der Waals surface area contributed by atoms with Crippen LogP contribution in [0.1, 0.15) is 29.6 Å². The molecule has 114 valence electrons. The molecule has 7 nitrogen and oxygen atoms in total. The molecule has 0 spiro atoms. The fraction of sp³-hybridized carbons (Fsp3) is 0.500. The lowest BCUT2D eigenvalue weighted by Gasteiger charge is -2.29. The number of nitro groups is 1. The van der Waals surface area contributed by atoms with Crippen LogP contribution in [-0.4, -0.2) is 37.0 Å². The lowest BCUT2D eigenvalue weighted by molar-refractivity contribution is -0.384. The molecule has 0 aliphatic carbocycles. The van der Waals surface area contributed by atoms with E-state index in [1.54, 1.807) is 7.05 Å². The number of carbonyl (C=O) groups is 1. The molecule has 2 rings (SSSR count). The normalized spacial score (nSPS) is 18.2. The van der Waals surface area contributed by atoms with Crippen molar-refractivity contribution in [3.8, 4) is 0 Å². The number of benzene rings is 1. The summed E-state index contributed by atoms with van der Waals surface area (Å²) >= 11 is 0. The van der Waals surface area contributed by atoms with Gasteiger partial charge < -0.3 is 16.0 Å². The molecule has 21 heavy (non-hydrogen) atoms.